The Hall–Kier alpha value is -0.130. The zero-order valence-corrected chi connectivity index (χ0v) is 15.4. The van der Waals surface area contributed by atoms with Crippen LogP contribution in [0, 0.1) is 5.92 Å². The smallest absolute Gasteiger partial charge is 0.143 e. The van der Waals surface area contributed by atoms with Gasteiger partial charge in [0.2, 0.25) is 0 Å². The number of nitrogens with one attached hydrogen (secondary N) is 1. The minimum Gasteiger partial charge on any atom is -0.351 e. The topological polar surface area (TPSA) is 28.2 Å². The van der Waals surface area contributed by atoms with E-state index in [4.69, 9.17) is 0 Å². The zero-order chi connectivity index (χ0) is 14.5. The molecule has 5 heteroatoms. The summed E-state index contributed by atoms with van der Waals surface area (Å²) in [5.74, 6) is 1.77. The van der Waals surface area contributed by atoms with Crippen molar-refractivity contribution in [1.82, 2.24) is 10.3 Å². The number of pyridine rings is 1. The zero-order valence-electron chi connectivity index (χ0n) is 12.2. The van der Waals surface area contributed by atoms with E-state index in [0.717, 1.165) is 34.4 Å². The van der Waals surface area contributed by atoms with Crippen LogP contribution in [-0.4, -0.2) is 30.7 Å². The number of anilines is 1. The lowest BCUT2D eigenvalue weighted by Crippen LogP contribution is -2.46. The molecule has 1 aromatic heterocycles. The third-order valence-corrected chi connectivity index (χ3v) is 4.64. The summed E-state index contributed by atoms with van der Waals surface area (Å²) < 4.78 is 2.09. The van der Waals surface area contributed by atoms with Crippen molar-refractivity contribution in [3.05, 3.63) is 21.2 Å². The van der Waals surface area contributed by atoms with Crippen LogP contribution in [0.4, 0.5) is 5.82 Å². The van der Waals surface area contributed by atoms with Crippen LogP contribution in [0.1, 0.15) is 33.1 Å². The average molecular weight is 405 g/mol. The predicted molar refractivity (Wildman–Crippen MR) is 92.3 cm³/mol. The second-order valence-corrected chi connectivity index (χ2v) is 7.62. The van der Waals surface area contributed by atoms with Crippen molar-refractivity contribution in [2.45, 2.75) is 39.2 Å². The Balaban J connectivity index is 2.06. The van der Waals surface area contributed by atoms with Gasteiger partial charge in [-0.3, -0.25) is 0 Å². The van der Waals surface area contributed by atoms with Crippen LogP contribution in [0.25, 0.3) is 0 Å². The number of hydrogen-bond acceptors (Lipinski definition) is 3. The molecule has 1 atom stereocenters. The second-order valence-electron chi connectivity index (χ2n) is 5.85. The molecule has 0 amide bonds. The van der Waals surface area contributed by atoms with Crippen molar-refractivity contribution in [2.24, 2.45) is 5.92 Å². The van der Waals surface area contributed by atoms with Crippen LogP contribution < -0.4 is 10.2 Å². The van der Waals surface area contributed by atoms with E-state index in [1.165, 1.54) is 19.3 Å². The maximum Gasteiger partial charge on any atom is 0.143 e. The molecular formula is C15H23Br2N3. The van der Waals surface area contributed by atoms with Crippen molar-refractivity contribution in [3.8, 4) is 0 Å². The van der Waals surface area contributed by atoms with Crippen molar-refractivity contribution in [3.63, 3.8) is 0 Å². The van der Waals surface area contributed by atoms with Gasteiger partial charge in [-0.2, -0.15) is 0 Å². The fourth-order valence-corrected chi connectivity index (χ4v) is 3.86. The van der Waals surface area contributed by atoms with Gasteiger partial charge in [0.15, 0.2) is 0 Å². The molecule has 0 spiro atoms. The summed E-state index contributed by atoms with van der Waals surface area (Å²) in [4.78, 5) is 7.05. The van der Waals surface area contributed by atoms with E-state index >= 15 is 0 Å². The summed E-state index contributed by atoms with van der Waals surface area (Å²) in [6.07, 6.45) is 5.70. The van der Waals surface area contributed by atoms with E-state index in [0.29, 0.717) is 12.0 Å². The predicted octanol–water partition coefficient (Wildman–Crippen LogP) is 4.21. The molecule has 1 saturated heterocycles. The molecule has 0 aliphatic carbocycles. The standard InChI is InChI=1S/C15H23Br2N3/c1-11(2)8-18-10-13-5-3-4-6-20(13)15-14(17)7-12(16)9-19-15/h7,9,11,13,18H,3-6,8,10H2,1-2H3. The highest BCUT2D eigenvalue weighted by molar-refractivity contribution is 9.11. The van der Waals surface area contributed by atoms with E-state index in [1.54, 1.807) is 0 Å². The summed E-state index contributed by atoms with van der Waals surface area (Å²) in [5, 5.41) is 3.59. The molecule has 20 heavy (non-hydrogen) atoms. The minimum absolute atomic E-state index is 0.549. The van der Waals surface area contributed by atoms with Crippen LogP contribution in [0.5, 0.6) is 0 Å². The molecule has 112 valence electrons. The fraction of sp³-hybridized carbons (Fsp3) is 0.667. The first-order valence-corrected chi connectivity index (χ1v) is 8.95. The van der Waals surface area contributed by atoms with Gasteiger partial charge in [-0.05, 0) is 69.7 Å². The second kappa shape index (κ2) is 7.76. The van der Waals surface area contributed by atoms with Crippen molar-refractivity contribution >= 4 is 37.7 Å². The SMILES string of the molecule is CC(C)CNCC1CCCCN1c1ncc(Br)cc1Br. The van der Waals surface area contributed by atoms with Gasteiger partial charge in [0, 0.05) is 29.8 Å². The molecule has 1 N–H and O–H groups in total. The van der Waals surface area contributed by atoms with E-state index < -0.39 is 0 Å². The molecule has 1 aliphatic rings. The number of aromatic nitrogens is 1. The molecule has 2 rings (SSSR count). The van der Waals surface area contributed by atoms with E-state index in [-0.39, 0.29) is 0 Å². The Morgan fingerprint density at radius 2 is 2.20 bits per heavy atom. The van der Waals surface area contributed by atoms with E-state index in [1.807, 2.05) is 6.20 Å². The molecule has 1 unspecified atom stereocenters. The number of halogens is 2. The van der Waals surface area contributed by atoms with Gasteiger partial charge in [-0.1, -0.05) is 13.8 Å². The van der Waals surface area contributed by atoms with Crippen molar-refractivity contribution in [1.29, 1.82) is 0 Å². The lowest BCUT2D eigenvalue weighted by atomic mass is 10.0. The highest BCUT2D eigenvalue weighted by Gasteiger charge is 2.24. The Kier molecular flexibility index (Phi) is 6.30. The molecule has 1 aromatic rings. The average Bonchev–Trinajstić information content (AvgIpc) is 2.39. The Labute approximate surface area is 138 Å². The van der Waals surface area contributed by atoms with Crippen LogP contribution in [0.2, 0.25) is 0 Å². The largest absolute Gasteiger partial charge is 0.351 e. The van der Waals surface area contributed by atoms with Gasteiger partial charge in [0.1, 0.15) is 5.82 Å². The molecule has 0 aromatic carbocycles. The number of piperidine rings is 1. The van der Waals surface area contributed by atoms with Gasteiger partial charge >= 0.3 is 0 Å². The molecular weight excluding hydrogens is 382 g/mol. The Morgan fingerprint density at radius 3 is 2.90 bits per heavy atom. The lowest BCUT2D eigenvalue weighted by Gasteiger charge is -2.37. The monoisotopic (exact) mass is 403 g/mol. The Morgan fingerprint density at radius 1 is 1.40 bits per heavy atom. The first-order chi connectivity index (χ1) is 9.58. The summed E-state index contributed by atoms with van der Waals surface area (Å²) in [7, 11) is 0. The van der Waals surface area contributed by atoms with E-state index in [9.17, 15) is 0 Å². The van der Waals surface area contributed by atoms with Crippen LogP contribution in [-0.2, 0) is 0 Å². The summed E-state index contributed by atoms with van der Waals surface area (Å²) in [6.45, 7) is 7.72. The van der Waals surface area contributed by atoms with Gasteiger partial charge in [-0.25, -0.2) is 4.98 Å². The molecule has 1 fully saturated rings. The molecule has 0 bridgehead atoms. The highest BCUT2D eigenvalue weighted by Crippen LogP contribution is 2.31. The van der Waals surface area contributed by atoms with Crippen LogP contribution in [0.3, 0.4) is 0 Å². The normalized spacial score (nSPS) is 19.6. The number of hydrogen-bond donors (Lipinski definition) is 1. The molecule has 3 nitrogen and oxygen atoms in total. The van der Waals surface area contributed by atoms with Crippen molar-refractivity contribution in [2.75, 3.05) is 24.5 Å². The molecule has 0 radical (unpaired) electrons. The van der Waals surface area contributed by atoms with Crippen LogP contribution >= 0.6 is 31.9 Å². The molecule has 0 saturated carbocycles. The first kappa shape index (κ1) is 16.2. The maximum absolute atomic E-state index is 4.60. The van der Waals surface area contributed by atoms with Crippen LogP contribution in [0.15, 0.2) is 21.2 Å². The summed E-state index contributed by atoms with van der Waals surface area (Å²) in [6, 6.07) is 2.63. The van der Waals surface area contributed by atoms with Gasteiger partial charge in [-0.15, -0.1) is 0 Å². The van der Waals surface area contributed by atoms with Crippen molar-refractivity contribution < 1.29 is 0 Å². The maximum atomic E-state index is 4.60. The lowest BCUT2D eigenvalue weighted by molar-refractivity contribution is 0.420. The fourth-order valence-electron chi connectivity index (χ4n) is 2.65. The third kappa shape index (κ3) is 4.43. The van der Waals surface area contributed by atoms with Gasteiger partial charge in [0.05, 0.1) is 4.47 Å². The van der Waals surface area contributed by atoms with Gasteiger partial charge in [0.25, 0.3) is 0 Å². The highest BCUT2D eigenvalue weighted by atomic mass is 79.9. The molecule has 1 aliphatic heterocycles. The summed E-state index contributed by atoms with van der Waals surface area (Å²) in [5.41, 5.74) is 0. The summed E-state index contributed by atoms with van der Waals surface area (Å²) >= 11 is 7.12. The number of nitrogens with zero attached hydrogens (tertiary/aromatic N) is 2. The minimum atomic E-state index is 0.549. The number of rotatable bonds is 5. The quantitative estimate of drug-likeness (QED) is 0.796. The van der Waals surface area contributed by atoms with Gasteiger partial charge < -0.3 is 10.2 Å². The molecule has 2 heterocycles. The Bertz CT molecular complexity index is 437. The first-order valence-electron chi connectivity index (χ1n) is 7.36. The third-order valence-electron chi connectivity index (χ3n) is 3.62. The van der Waals surface area contributed by atoms with E-state index in [2.05, 4.69) is 67.0 Å².